The highest BCUT2D eigenvalue weighted by Gasteiger charge is 2.33. The molecule has 2 saturated heterocycles. The average Bonchev–Trinajstić information content (AvgIpc) is 2.49. The molecule has 3 unspecified atom stereocenters. The van der Waals surface area contributed by atoms with Gasteiger partial charge in [0.15, 0.2) is 0 Å². The van der Waals surface area contributed by atoms with Crippen LogP contribution >= 0.6 is 0 Å². The van der Waals surface area contributed by atoms with Gasteiger partial charge in [0.05, 0.1) is 0 Å². The molecule has 0 amide bonds. The quantitative estimate of drug-likeness (QED) is 0.920. The molecule has 3 rings (SSSR count). The lowest BCUT2D eigenvalue weighted by atomic mass is 9.96. The first-order valence-corrected chi connectivity index (χ1v) is 8.50. The summed E-state index contributed by atoms with van der Waals surface area (Å²) in [5.74, 6) is 0. The van der Waals surface area contributed by atoms with Gasteiger partial charge in [0, 0.05) is 37.8 Å². The third-order valence-electron chi connectivity index (χ3n) is 5.13. The van der Waals surface area contributed by atoms with E-state index < -0.39 is 0 Å². The number of rotatable bonds is 4. The predicted molar refractivity (Wildman–Crippen MR) is 88.4 cm³/mol. The summed E-state index contributed by atoms with van der Waals surface area (Å²) < 4.78 is 0. The number of benzene rings is 1. The lowest BCUT2D eigenvalue weighted by Crippen LogP contribution is -2.60. The lowest BCUT2D eigenvalue weighted by molar-refractivity contribution is 0.0127. The Morgan fingerprint density at radius 1 is 1.19 bits per heavy atom. The second-order valence-corrected chi connectivity index (χ2v) is 6.90. The fraction of sp³-hybridized carbons (Fsp3) is 0.667. The molecule has 1 aromatic carbocycles. The molecule has 3 atom stereocenters. The summed E-state index contributed by atoms with van der Waals surface area (Å²) in [6, 6.07) is 12.3. The maximum atomic E-state index is 6.41. The van der Waals surface area contributed by atoms with Gasteiger partial charge < -0.3 is 5.73 Å². The maximum absolute atomic E-state index is 6.41. The van der Waals surface area contributed by atoms with E-state index in [-0.39, 0.29) is 6.04 Å². The molecule has 21 heavy (non-hydrogen) atoms. The Kier molecular flexibility index (Phi) is 4.94. The molecule has 0 radical (unpaired) electrons. The maximum Gasteiger partial charge on any atom is 0.0223 e. The van der Waals surface area contributed by atoms with Crippen LogP contribution in [-0.4, -0.2) is 54.1 Å². The zero-order valence-corrected chi connectivity index (χ0v) is 13.2. The molecule has 2 aliphatic rings. The van der Waals surface area contributed by atoms with Gasteiger partial charge in [0.2, 0.25) is 0 Å². The van der Waals surface area contributed by atoms with Crippen LogP contribution in [0.15, 0.2) is 30.3 Å². The van der Waals surface area contributed by atoms with E-state index in [1.807, 2.05) is 0 Å². The SMILES string of the molecule is CC1CN2CCCCC2CN1CC(N)Cc1ccccc1. The van der Waals surface area contributed by atoms with Gasteiger partial charge in [0.1, 0.15) is 0 Å². The summed E-state index contributed by atoms with van der Waals surface area (Å²) in [7, 11) is 0. The summed E-state index contributed by atoms with van der Waals surface area (Å²) in [5, 5.41) is 0. The van der Waals surface area contributed by atoms with Crippen LogP contribution in [0, 0.1) is 0 Å². The van der Waals surface area contributed by atoms with Gasteiger partial charge >= 0.3 is 0 Å². The van der Waals surface area contributed by atoms with Crippen LogP contribution in [0.1, 0.15) is 31.7 Å². The molecule has 0 aliphatic carbocycles. The Bertz CT molecular complexity index is 433. The van der Waals surface area contributed by atoms with E-state index in [9.17, 15) is 0 Å². The van der Waals surface area contributed by atoms with Crippen molar-refractivity contribution < 1.29 is 0 Å². The summed E-state index contributed by atoms with van der Waals surface area (Å²) in [5.41, 5.74) is 7.77. The highest BCUT2D eigenvalue weighted by atomic mass is 15.3. The third kappa shape index (κ3) is 3.85. The number of piperazine rings is 1. The van der Waals surface area contributed by atoms with Crippen LogP contribution in [0.4, 0.5) is 0 Å². The van der Waals surface area contributed by atoms with Gasteiger partial charge in [0.25, 0.3) is 0 Å². The Balaban J connectivity index is 1.54. The molecule has 1 aromatic rings. The standard InChI is InChI=1S/C18H29N3/c1-15-12-20-10-6-5-9-18(20)14-21(15)13-17(19)11-16-7-3-2-4-8-16/h2-4,7-8,15,17-18H,5-6,9-14,19H2,1H3. The minimum Gasteiger partial charge on any atom is -0.326 e. The van der Waals surface area contributed by atoms with Gasteiger partial charge in [-0.3, -0.25) is 9.80 Å². The number of hydrogen-bond acceptors (Lipinski definition) is 3. The smallest absolute Gasteiger partial charge is 0.0223 e. The van der Waals surface area contributed by atoms with Gasteiger partial charge in [-0.1, -0.05) is 36.8 Å². The van der Waals surface area contributed by atoms with Crippen molar-refractivity contribution in [3.63, 3.8) is 0 Å². The number of nitrogens with zero attached hydrogens (tertiary/aromatic N) is 2. The van der Waals surface area contributed by atoms with Crippen molar-refractivity contribution in [2.75, 3.05) is 26.2 Å². The summed E-state index contributed by atoms with van der Waals surface area (Å²) in [6.45, 7) is 7.13. The molecule has 2 N–H and O–H groups in total. The first-order chi connectivity index (χ1) is 10.2. The Labute approximate surface area is 129 Å². The van der Waals surface area contributed by atoms with E-state index in [0.717, 1.165) is 19.0 Å². The topological polar surface area (TPSA) is 32.5 Å². The zero-order chi connectivity index (χ0) is 14.7. The summed E-state index contributed by atoms with van der Waals surface area (Å²) in [6.07, 6.45) is 5.14. The molecule has 2 fully saturated rings. The first kappa shape index (κ1) is 15.0. The largest absolute Gasteiger partial charge is 0.326 e. The van der Waals surface area contributed by atoms with E-state index >= 15 is 0 Å². The van der Waals surface area contributed by atoms with Crippen LogP contribution in [0.3, 0.4) is 0 Å². The molecular formula is C18H29N3. The monoisotopic (exact) mass is 287 g/mol. The molecule has 2 aliphatic heterocycles. The van der Waals surface area contributed by atoms with Crippen LogP contribution < -0.4 is 5.73 Å². The molecule has 3 heteroatoms. The van der Waals surface area contributed by atoms with Crippen molar-refractivity contribution in [3.8, 4) is 0 Å². The minimum absolute atomic E-state index is 0.241. The minimum atomic E-state index is 0.241. The van der Waals surface area contributed by atoms with E-state index in [1.165, 1.54) is 44.5 Å². The molecule has 0 spiro atoms. The van der Waals surface area contributed by atoms with Crippen molar-refractivity contribution in [2.24, 2.45) is 5.73 Å². The van der Waals surface area contributed by atoms with E-state index in [2.05, 4.69) is 47.1 Å². The van der Waals surface area contributed by atoms with Crippen molar-refractivity contribution in [1.82, 2.24) is 9.80 Å². The third-order valence-corrected chi connectivity index (χ3v) is 5.13. The molecule has 3 nitrogen and oxygen atoms in total. The highest BCUT2D eigenvalue weighted by Crippen LogP contribution is 2.24. The molecule has 2 heterocycles. The number of piperidine rings is 1. The van der Waals surface area contributed by atoms with Crippen molar-refractivity contribution in [1.29, 1.82) is 0 Å². The molecule has 116 valence electrons. The second kappa shape index (κ2) is 6.91. The number of nitrogens with two attached hydrogens (primary N) is 1. The highest BCUT2D eigenvalue weighted by molar-refractivity contribution is 5.15. The van der Waals surface area contributed by atoms with Crippen LogP contribution in [0.2, 0.25) is 0 Å². The van der Waals surface area contributed by atoms with Gasteiger partial charge in [-0.25, -0.2) is 0 Å². The fourth-order valence-corrected chi connectivity index (χ4v) is 3.95. The Morgan fingerprint density at radius 2 is 2.00 bits per heavy atom. The molecular weight excluding hydrogens is 258 g/mol. The normalized spacial score (nSPS) is 29.0. The Morgan fingerprint density at radius 3 is 2.81 bits per heavy atom. The predicted octanol–water partition coefficient (Wildman–Crippen LogP) is 2.12. The van der Waals surface area contributed by atoms with Crippen LogP contribution in [0.5, 0.6) is 0 Å². The number of hydrogen-bond donors (Lipinski definition) is 1. The fourth-order valence-electron chi connectivity index (χ4n) is 3.95. The molecule has 0 saturated carbocycles. The zero-order valence-electron chi connectivity index (χ0n) is 13.2. The van der Waals surface area contributed by atoms with Crippen LogP contribution in [-0.2, 0) is 6.42 Å². The van der Waals surface area contributed by atoms with Gasteiger partial charge in [-0.2, -0.15) is 0 Å². The second-order valence-electron chi connectivity index (χ2n) is 6.90. The van der Waals surface area contributed by atoms with Crippen molar-refractivity contribution in [3.05, 3.63) is 35.9 Å². The van der Waals surface area contributed by atoms with Gasteiger partial charge in [-0.05, 0) is 38.3 Å². The lowest BCUT2D eigenvalue weighted by Gasteiger charge is -2.48. The van der Waals surface area contributed by atoms with Crippen LogP contribution in [0.25, 0.3) is 0 Å². The van der Waals surface area contributed by atoms with E-state index in [4.69, 9.17) is 5.73 Å². The Hall–Kier alpha value is -0.900. The average molecular weight is 287 g/mol. The van der Waals surface area contributed by atoms with Gasteiger partial charge in [-0.15, -0.1) is 0 Å². The van der Waals surface area contributed by atoms with E-state index in [0.29, 0.717) is 6.04 Å². The first-order valence-electron chi connectivity index (χ1n) is 8.50. The summed E-state index contributed by atoms with van der Waals surface area (Å²) >= 11 is 0. The molecule has 0 aromatic heterocycles. The summed E-state index contributed by atoms with van der Waals surface area (Å²) in [4.78, 5) is 5.33. The number of fused-ring (bicyclic) bond motifs is 1. The molecule has 0 bridgehead atoms. The van der Waals surface area contributed by atoms with Crippen molar-refractivity contribution in [2.45, 2.75) is 50.7 Å². The van der Waals surface area contributed by atoms with E-state index in [1.54, 1.807) is 0 Å². The van der Waals surface area contributed by atoms with Crippen molar-refractivity contribution >= 4 is 0 Å².